The van der Waals surface area contributed by atoms with Gasteiger partial charge in [0.15, 0.2) is 0 Å². The maximum atomic E-state index is 10.6. The summed E-state index contributed by atoms with van der Waals surface area (Å²) in [7, 11) is -1.37. The predicted octanol–water partition coefficient (Wildman–Crippen LogP) is 3.31. The van der Waals surface area contributed by atoms with Gasteiger partial charge in [-0.2, -0.15) is 0 Å². The third-order valence-electron chi connectivity index (χ3n) is 3.72. The van der Waals surface area contributed by atoms with Crippen LogP contribution in [0, 0.1) is 10.1 Å². The highest BCUT2D eigenvalue weighted by molar-refractivity contribution is 6.91. The molecule has 0 spiro atoms. The summed E-state index contributed by atoms with van der Waals surface area (Å²) < 4.78 is 0. The van der Waals surface area contributed by atoms with E-state index in [1.807, 2.05) is 12.1 Å². The molecule has 0 aliphatic heterocycles. The fourth-order valence-electron chi connectivity index (χ4n) is 2.30. The zero-order valence-corrected chi connectivity index (χ0v) is 11.2. The molecule has 4 heteroatoms. The van der Waals surface area contributed by atoms with Crippen LogP contribution in [0.2, 0.25) is 18.1 Å². The van der Waals surface area contributed by atoms with E-state index in [2.05, 4.69) is 20.8 Å². The Morgan fingerprint density at radius 2 is 1.50 bits per heavy atom. The topological polar surface area (TPSA) is 43.1 Å². The van der Waals surface area contributed by atoms with E-state index in [1.165, 1.54) is 23.3 Å². The first-order chi connectivity index (χ1) is 7.59. The van der Waals surface area contributed by atoms with Gasteiger partial charge in [-0.3, -0.25) is 10.1 Å². The van der Waals surface area contributed by atoms with Crippen LogP contribution in [-0.2, 0) is 0 Å². The second kappa shape index (κ2) is 5.25. The molecule has 0 N–H and O–H groups in total. The first kappa shape index (κ1) is 12.9. The zero-order valence-electron chi connectivity index (χ0n) is 10.2. The molecular formula is C12H19NO2Si. The van der Waals surface area contributed by atoms with Crippen LogP contribution in [-0.4, -0.2) is 13.0 Å². The average molecular weight is 237 g/mol. The quantitative estimate of drug-likeness (QED) is 0.448. The Labute approximate surface area is 97.7 Å². The van der Waals surface area contributed by atoms with Crippen LogP contribution in [0.4, 0.5) is 5.69 Å². The molecule has 0 aromatic heterocycles. The van der Waals surface area contributed by atoms with E-state index in [0.29, 0.717) is 0 Å². The van der Waals surface area contributed by atoms with Gasteiger partial charge in [-0.15, -0.1) is 0 Å². The summed E-state index contributed by atoms with van der Waals surface area (Å²) in [5.41, 5.74) is 0.190. The minimum Gasteiger partial charge on any atom is -0.258 e. The number of nitro benzene ring substituents is 1. The van der Waals surface area contributed by atoms with Gasteiger partial charge in [0.05, 0.1) is 13.0 Å². The van der Waals surface area contributed by atoms with Crippen molar-refractivity contribution in [2.75, 3.05) is 0 Å². The Bertz CT molecular complexity index is 350. The molecule has 88 valence electrons. The molecule has 0 saturated heterocycles. The van der Waals surface area contributed by atoms with Gasteiger partial charge in [0.1, 0.15) is 0 Å². The van der Waals surface area contributed by atoms with Gasteiger partial charge in [-0.1, -0.05) is 56.2 Å². The molecule has 0 saturated carbocycles. The van der Waals surface area contributed by atoms with Gasteiger partial charge in [0.2, 0.25) is 0 Å². The van der Waals surface area contributed by atoms with Crippen LogP contribution in [0.3, 0.4) is 0 Å². The normalized spacial score (nSPS) is 11.4. The largest absolute Gasteiger partial charge is 0.269 e. The van der Waals surface area contributed by atoms with Gasteiger partial charge in [-0.05, 0) is 0 Å². The van der Waals surface area contributed by atoms with Crippen molar-refractivity contribution in [3.63, 3.8) is 0 Å². The molecule has 0 radical (unpaired) electrons. The predicted molar refractivity (Wildman–Crippen MR) is 69.9 cm³/mol. The van der Waals surface area contributed by atoms with Gasteiger partial charge >= 0.3 is 0 Å². The number of non-ortho nitro benzene ring substituents is 1. The summed E-state index contributed by atoms with van der Waals surface area (Å²) in [4.78, 5) is 10.3. The van der Waals surface area contributed by atoms with Gasteiger partial charge < -0.3 is 0 Å². The van der Waals surface area contributed by atoms with E-state index in [-0.39, 0.29) is 10.6 Å². The van der Waals surface area contributed by atoms with Gasteiger partial charge in [-0.25, -0.2) is 0 Å². The van der Waals surface area contributed by atoms with Crippen LogP contribution in [0.15, 0.2) is 24.3 Å². The number of nitro groups is 1. The van der Waals surface area contributed by atoms with Crippen molar-refractivity contribution in [2.24, 2.45) is 0 Å². The van der Waals surface area contributed by atoms with Crippen molar-refractivity contribution in [3.05, 3.63) is 34.4 Å². The number of benzene rings is 1. The van der Waals surface area contributed by atoms with Crippen molar-refractivity contribution < 1.29 is 4.92 Å². The van der Waals surface area contributed by atoms with E-state index in [9.17, 15) is 10.1 Å². The smallest absolute Gasteiger partial charge is 0.258 e. The highest BCUT2D eigenvalue weighted by atomic mass is 28.3. The molecule has 0 amide bonds. The summed E-state index contributed by atoms with van der Waals surface area (Å²) in [6, 6.07) is 10.8. The van der Waals surface area contributed by atoms with E-state index < -0.39 is 8.07 Å². The lowest BCUT2D eigenvalue weighted by atomic mass is 10.3. The lowest BCUT2D eigenvalue weighted by Crippen LogP contribution is -2.45. The lowest BCUT2D eigenvalue weighted by Gasteiger charge is -2.28. The molecule has 0 bridgehead atoms. The van der Waals surface area contributed by atoms with E-state index in [0.717, 1.165) is 0 Å². The first-order valence-corrected chi connectivity index (χ1v) is 8.46. The number of hydrogen-bond acceptors (Lipinski definition) is 2. The number of nitrogens with zero attached hydrogens (tertiary/aromatic N) is 1. The summed E-state index contributed by atoms with van der Waals surface area (Å²) in [6.45, 7) is 6.71. The second-order valence-electron chi connectivity index (χ2n) is 4.14. The SMILES string of the molecule is CC[Si](CC)(CC)c1ccc([N+](=O)[O-])cc1. The maximum absolute atomic E-state index is 10.6. The molecule has 0 unspecified atom stereocenters. The monoisotopic (exact) mass is 237 g/mol. The van der Waals surface area contributed by atoms with Crippen LogP contribution >= 0.6 is 0 Å². The molecule has 0 aliphatic carbocycles. The average Bonchev–Trinajstić information content (AvgIpc) is 2.33. The standard InChI is InChI=1S/C12H19NO2Si/c1-4-16(5-2,6-3)12-9-7-11(8-10-12)13(14)15/h7-10H,4-6H2,1-3H3. The molecule has 1 rings (SSSR count). The van der Waals surface area contributed by atoms with Crippen LogP contribution < -0.4 is 5.19 Å². The summed E-state index contributed by atoms with van der Waals surface area (Å²) in [5.74, 6) is 0. The molecule has 3 nitrogen and oxygen atoms in total. The summed E-state index contributed by atoms with van der Waals surface area (Å²) >= 11 is 0. The van der Waals surface area contributed by atoms with Gasteiger partial charge in [0.25, 0.3) is 5.69 Å². The molecule has 0 fully saturated rings. The Hall–Kier alpha value is -1.16. The van der Waals surface area contributed by atoms with E-state index in [4.69, 9.17) is 0 Å². The molecule has 0 heterocycles. The van der Waals surface area contributed by atoms with Crippen molar-refractivity contribution in [1.29, 1.82) is 0 Å². The summed E-state index contributed by atoms with van der Waals surface area (Å²) in [6.07, 6.45) is 0. The second-order valence-corrected chi connectivity index (χ2v) is 9.40. The highest BCUT2D eigenvalue weighted by Gasteiger charge is 2.29. The molecule has 0 aliphatic rings. The molecule has 1 aromatic rings. The summed E-state index contributed by atoms with van der Waals surface area (Å²) in [5, 5.41) is 11.9. The fraction of sp³-hybridized carbons (Fsp3) is 0.500. The minimum atomic E-state index is -1.37. The maximum Gasteiger partial charge on any atom is 0.269 e. The third kappa shape index (κ3) is 2.32. The van der Waals surface area contributed by atoms with Crippen molar-refractivity contribution >= 4 is 18.9 Å². The molecule has 0 atom stereocenters. The fourth-order valence-corrected chi connectivity index (χ4v) is 5.90. The Morgan fingerprint density at radius 1 is 1.06 bits per heavy atom. The van der Waals surface area contributed by atoms with Gasteiger partial charge in [0, 0.05) is 12.1 Å². The van der Waals surface area contributed by atoms with E-state index >= 15 is 0 Å². The first-order valence-electron chi connectivity index (χ1n) is 5.84. The van der Waals surface area contributed by atoms with Crippen LogP contribution in [0.5, 0.6) is 0 Å². The Balaban J connectivity index is 3.08. The Morgan fingerprint density at radius 3 is 1.81 bits per heavy atom. The lowest BCUT2D eigenvalue weighted by molar-refractivity contribution is -0.384. The zero-order chi connectivity index (χ0) is 12.2. The van der Waals surface area contributed by atoms with Crippen molar-refractivity contribution in [3.8, 4) is 0 Å². The molecule has 16 heavy (non-hydrogen) atoms. The number of rotatable bonds is 5. The van der Waals surface area contributed by atoms with Crippen molar-refractivity contribution in [2.45, 2.75) is 38.9 Å². The molecule has 1 aromatic carbocycles. The van der Waals surface area contributed by atoms with E-state index in [1.54, 1.807) is 12.1 Å². The minimum absolute atomic E-state index is 0.190. The van der Waals surface area contributed by atoms with Crippen LogP contribution in [0.25, 0.3) is 0 Å². The molecular weight excluding hydrogens is 218 g/mol. The number of hydrogen-bond donors (Lipinski definition) is 0. The Kier molecular flexibility index (Phi) is 4.24. The highest BCUT2D eigenvalue weighted by Crippen LogP contribution is 2.21. The van der Waals surface area contributed by atoms with Crippen LogP contribution in [0.1, 0.15) is 20.8 Å². The third-order valence-corrected chi connectivity index (χ3v) is 9.34. The van der Waals surface area contributed by atoms with Crippen molar-refractivity contribution in [1.82, 2.24) is 0 Å².